The van der Waals surface area contributed by atoms with Crippen molar-refractivity contribution in [3.63, 3.8) is 0 Å². The maximum Gasteiger partial charge on any atom is 0.339 e. The van der Waals surface area contributed by atoms with Gasteiger partial charge in [-0.3, -0.25) is 9.59 Å². The van der Waals surface area contributed by atoms with Crippen LogP contribution in [0.4, 0.5) is 5.69 Å². The summed E-state index contributed by atoms with van der Waals surface area (Å²) in [6.45, 7) is 1.78. The van der Waals surface area contributed by atoms with Gasteiger partial charge in [0.2, 0.25) is 12.2 Å². The van der Waals surface area contributed by atoms with Crippen LogP contribution in [0.5, 0.6) is 0 Å². The Hall–Kier alpha value is -4.79. The third-order valence-corrected chi connectivity index (χ3v) is 5.31. The Bertz CT molecular complexity index is 1230. The molecule has 0 unspecified atom stereocenters. The van der Waals surface area contributed by atoms with Gasteiger partial charge < -0.3 is 14.2 Å². The smallest absolute Gasteiger partial charge is 0.339 e. The number of anilines is 1. The van der Waals surface area contributed by atoms with Crippen LogP contribution in [-0.2, 0) is 23.8 Å². The Morgan fingerprint density at radius 3 is 1.61 bits per heavy atom. The zero-order chi connectivity index (χ0) is 25.7. The van der Waals surface area contributed by atoms with Crippen molar-refractivity contribution in [1.82, 2.24) is 0 Å². The highest BCUT2D eigenvalue weighted by Crippen LogP contribution is 2.29. The summed E-state index contributed by atoms with van der Waals surface area (Å²) in [5, 5.41) is 0. The van der Waals surface area contributed by atoms with E-state index in [2.05, 4.69) is 0 Å². The minimum Gasteiger partial charge on any atom is -0.462 e. The number of carbonyl (C=O) groups is 5. The van der Waals surface area contributed by atoms with Crippen LogP contribution in [0.15, 0.2) is 84.9 Å². The van der Waals surface area contributed by atoms with Gasteiger partial charge in [-0.15, -0.1) is 0 Å². The van der Waals surface area contributed by atoms with Gasteiger partial charge in [-0.1, -0.05) is 42.5 Å². The minimum absolute atomic E-state index is 0.0366. The number of nitrogens with zero attached hydrogens (tertiary/aromatic N) is 1. The van der Waals surface area contributed by atoms with E-state index in [1.807, 2.05) is 0 Å². The molecule has 1 aliphatic heterocycles. The van der Waals surface area contributed by atoms with Gasteiger partial charge in [-0.25, -0.2) is 19.3 Å². The first-order chi connectivity index (χ1) is 17.4. The van der Waals surface area contributed by atoms with Crippen molar-refractivity contribution in [2.75, 3.05) is 11.5 Å². The average Bonchev–Trinajstić information content (AvgIpc) is 3.13. The van der Waals surface area contributed by atoms with Crippen LogP contribution >= 0.6 is 0 Å². The summed E-state index contributed by atoms with van der Waals surface area (Å²) in [5.74, 6) is -4.22. The fraction of sp³-hybridized carbons (Fsp3) is 0.148. The highest BCUT2D eigenvalue weighted by Gasteiger charge is 2.53. The number of ether oxygens (including phenoxy) is 3. The Morgan fingerprint density at radius 1 is 0.667 bits per heavy atom. The summed E-state index contributed by atoms with van der Waals surface area (Å²) in [4.78, 5) is 65.0. The molecule has 9 heteroatoms. The van der Waals surface area contributed by atoms with Gasteiger partial charge in [0.15, 0.2) is 0 Å². The third kappa shape index (κ3) is 5.00. The third-order valence-electron chi connectivity index (χ3n) is 5.31. The number of hydrogen-bond acceptors (Lipinski definition) is 8. The van der Waals surface area contributed by atoms with Gasteiger partial charge in [0, 0.05) is 0 Å². The van der Waals surface area contributed by atoms with Crippen LogP contribution in [-0.4, -0.2) is 48.5 Å². The molecule has 0 aromatic heterocycles. The zero-order valence-corrected chi connectivity index (χ0v) is 19.2. The van der Waals surface area contributed by atoms with Crippen LogP contribution in [0.25, 0.3) is 0 Å². The van der Waals surface area contributed by atoms with Gasteiger partial charge in [0.1, 0.15) is 0 Å². The highest BCUT2D eigenvalue weighted by atomic mass is 16.6. The summed E-state index contributed by atoms with van der Waals surface area (Å²) in [7, 11) is 0. The van der Waals surface area contributed by atoms with E-state index in [1.165, 1.54) is 48.5 Å². The summed E-state index contributed by atoms with van der Waals surface area (Å²) < 4.78 is 15.7. The van der Waals surface area contributed by atoms with Crippen molar-refractivity contribution in [2.45, 2.75) is 19.1 Å². The number of esters is 3. The lowest BCUT2D eigenvalue weighted by Crippen LogP contribution is -2.37. The number of amides is 2. The molecular weight excluding hydrogens is 466 g/mol. The highest BCUT2D eigenvalue weighted by molar-refractivity contribution is 6.25. The second-order valence-electron chi connectivity index (χ2n) is 7.67. The molecule has 3 aromatic carbocycles. The first kappa shape index (κ1) is 24.3. The second kappa shape index (κ2) is 10.6. The number of carbonyl (C=O) groups excluding carboxylic acids is 5. The van der Waals surface area contributed by atoms with Crippen molar-refractivity contribution >= 4 is 35.4 Å². The normalized spacial score (nSPS) is 17.0. The van der Waals surface area contributed by atoms with E-state index >= 15 is 0 Å². The molecule has 0 aliphatic carbocycles. The molecule has 0 bridgehead atoms. The summed E-state index contributed by atoms with van der Waals surface area (Å²) in [6, 6.07) is 21.4. The van der Waals surface area contributed by atoms with E-state index in [0.717, 1.165) is 4.90 Å². The lowest BCUT2D eigenvalue weighted by atomic mass is 10.2. The Balaban J connectivity index is 1.67. The molecule has 36 heavy (non-hydrogen) atoms. The lowest BCUT2D eigenvalue weighted by molar-refractivity contribution is -0.130. The Kier molecular flexibility index (Phi) is 7.20. The maximum atomic E-state index is 13.3. The van der Waals surface area contributed by atoms with E-state index < -0.39 is 41.9 Å². The predicted octanol–water partition coefficient (Wildman–Crippen LogP) is 3.19. The SMILES string of the molecule is CCOC(=O)c1cccc(N2C(=O)[C@H](OC(=O)c3ccccc3)[C@@H](OC(=O)c3ccccc3)C2=O)c1. The van der Waals surface area contributed by atoms with E-state index in [-0.39, 0.29) is 29.0 Å². The van der Waals surface area contributed by atoms with E-state index in [0.29, 0.717) is 0 Å². The van der Waals surface area contributed by atoms with Crippen LogP contribution in [0.1, 0.15) is 38.0 Å². The minimum atomic E-state index is -1.73. The molecule has 1 aliphatic rings. The van der Waals surface area contributed by atoms with Gasteiger partial charge in [-0.05, 0) is 49.4 Å². The Labute approximate surface area is 206 Å². The van der Waals surface area contributed by atoms with E-state index in [4.69, 9.17) is 14.2 Å². The molecular formula is C27H21NO8. The van der Waals surface area contributed by atoms with E-state index in [1.54, 1.807) is 43.3 Å². The monoisotopic (exact) mass is 487 g/mol. The maximum absolute atomic E-state index is 13.3. The first-order valence-electron chi connectivity index (χ1n) is 11.1. The molecule has 1 fully saturated rings. The van der Waals surface area contributed by atoms with Gasteiger partial charge >= 0.3 is 17.9 Å². The quantitative estimate of drug-likeness (QED) is 0.283. The molecule has 2 amide bonds. The molecule has 9 nitrogen and oxygen atoms in total. The average molecular weight is 487 g/mol. The predicted molar refractivity (Wildman–Crippen MR) is 126 cm³/mol. The number of hydrogen-bond donors (Lipinski definition) is 0. The van der Waals surface area contributed by atoms with Gasteiger partial charge in [-0.2, -0.15) is 0 Å². The number of benzene rings is 3. The van der Waals surface area contributed by atoms with Crippen LogP contribution < -0.4 is 4.90 Å². The molecule has 0 N–H and O–H groups in total. The molecule has 1 heterocycles. The largest absolute Gasteiger partial charge is 0.462 e. The molecule has 0 spiro atoms. The summed E-state index contributed by atoms with van der Waals surface area (Å²) in [6.07, 6.45) is -3.46. The molecule has 3 aromatic rings. The lowest BCUT2D eigenvalue weighted by Gasteiger charge is -2.16. The standard InChI is InChI=1S/C27H21NO8/c1-2-34-25(31)19-14-9-15-20(16-19)28-23(29)21(35-26(32)17-10-5-3-6-11-17)22(24(28)30)36-27(33)18-12-7-4-8-13-18/h3-16,21-22H,2H2,1H3/t21-,22-/m1/s1. The van der Waals surface area contributed by atoms with Crippen molar-refractivity contribution in [3.05, 3.63) is 102 Å². The van der Waals surface area contributed by atoms with Crippen molar-refractivity contribution in [2.24, 2.45) is 0 Å². The molecule has 0 radical (unpaired) electrons. The molecule has 182 valence electrons. The van der Waals surface area contributed by atoms with Crippen LogP contribution in [0.3, 0.4) is 0 Å². The second-order valence-corrected chi connectivity index (χ2v) is 7.67. The molecule has 1 saturated heterocycles. The number of imide groups is 1. The van der Waals surface area contributed by atoms with Crippen molar-refractivity contribution in [3.8, 4) is 0 Å². The summed E-state index contributed by atoms with van der Waals surface area (Å²) >= 11 is 0. The fourth-order valence-electron chi connectivity index (χ4n) is 3.60. The summed E-state index contributed by atoms with van der Waals surface area (Å²) in [5.41, 5.74) is 0.439. The van der Waals surface area contributed by atoms with Crippen molar-refractivity contribution < 1.29 is 38.2 Å². The van der Waals surface area contributed by atoms with Crippen molar-refractivity contribution in [1.29, 1.82) is 0 Å². The zero-order valence-electron chi connectivity index (χ0n) is 19.2. The van der Waals surface area contributed by atoms with Gasteiger partial charge in [0.05, 0.1) is 29.0 Å². The number of rotatable bonds is 7. The van der Waals surface area contributed by atoms with E-state index in [9.17, 15) is 24.0 Å². The van der Waals surface area contributed by atoms with Gasteiger partial charge in [0.25, 0.3) is 11.8 Å². The topological polar surface area (TPSA) is 116 Å². The fourth-order valence-corrected chi connectivity index (χ4v) is 3.60. The molecule has 4 rings (SSSR count). The Morgan fingerprint density at radius 2 is 1.14 bits per heavy atom. The molecule has 0 saturated carbocycles. The van der Waals surface area contributed by atoms with Crippen LogP contribution in [0.2, 0.25) is 0 Å². The van der Waals surface area contributed by atoms with Crippen LogP contribution in [0, 0.1) is 0 Å². The molecule has 2 atom stereocenters. The first-order valence-corrected chi connectivity index (χ1v) is 11.1.